The Hall–Kier alpha value is -2.14. The smallest absolute Gasteiger partial charge is 0.222 e. The summed E-state index contributed by atoms with van der Waals surface area (Å²) in [5.74, 6) is 0.203. The second-order valence-electron chi connectivity index (χ2n) is 7.36. The lowest BCUT2D eigenvalue weighted by molar-refractivity contribution is -0.132. The third kappa shape index (κ3) is 5.42. The number of rotatable bonds is 6. The van der Waals surface area contributed by atoms with Crippen LogP contribution in [0, 0.1) is 6.92 Å². The molecule has 3 rings (SSSR count). The van der Waals surface area contributed by atoms with E-state index in [-0.39, 0.29) is 16.9 Å². The van der Waals surface area contributed by atoms with E-state index >= 15 is 0 Å². The number of likely N-dealkylation sites (tertiary alicyclic amines) is 1. The Morgan fingerprint density at radius 3 is 2.22 bits per heavy atom. The van der Waals surface area contributed by atoms with Crippen LogP contribution < -0.4 is 0 Å². The minimum absolute atomic E-state index is 0.0832. The highest BCUT2D eigenvalue weighted by atomic mass is 32.2. The van der Waals surface area contributed by atoms with Gasteiger partial charge in [0.2, 0.25) is 5.91 Å². The predicted molar refractivity (Wildman–Crippen MR) is 108 cm³/mol. The lowest BCUT2D eigenvalue weighted by atomic mass is 10.1. The summed E-state index contributed by atoms with van der Waals surface area (Å²) < 4.78 is 25.3. The lowest BCUT2D eigenvalue weighted by Gasteiger charge is -2.32. The minimum Gasteiger partial charge on any atom is -0.343 e. The van der Waals surface area contributed by atoms with Crippen molar-refractivity contribution < 1.29 is 13.2 Å². The lowest BCUT2D eigenvalue weighted by Crippen LogP contribution is -2.42. The molecule has 2 aromatic rings. The Morgan fingerprint density at radius 1 is 0.963 bits per heavy atom. The summed E-state index contributed by atoms with van der Waals surface area (Å²) in [6.45, 7) is 3.11. The molecule has 4 nitrogen and oxygen atoms in total. The first kappa shape index (κ1) is 19.6. The molecule has 0 bridgehead atoms. The number of nitrogens with zero attached hydrogens (tertiary/aromatic N) is 1. The first-order chi connectivity index (χ1) is 12.9. The van der Waals surface area contributed by atoms with Crippen molar-refractivity contribution in [2.24, 2.45) is 0 Å². The number of carbonyl (C=O) groups excluding carboxylic acids is 1. The van der Waals surface area contributed by atoms with E-state index in [1.165, 1.54) is 5.56 Å². The van der Waals surface area contributed by atoms with Crippen LogP contribution in [0.25, 0.3) is 0 Å². The van der Waals surface area contributed by atoms with Crippen LogP contribution in [0.5, 0.6) is 0 Å². The van der Waals surface area contributed by atoms with Crippen molar-refractivity contribution in [3.05, 3.63) is 71.3 Å². The number of piperidine rings is 1. The summed E-state index contributed by atoms with van der Waals surface area (Å²) in [6, 6.07) is 17.5. The Labute approximate surface area is 162 Å². The van der Waals surface area contributed by atoms with Gasteiger partial charge >= 0.3 is 0 Å². The summed E-state index contributed by atoms with van der Waals surface area (Å²) in [7, 11) is -3.18. The number of sulfone groups is 1. The second kappa shape index (κ2) is 8.70. The fourth-order valence-corrected chi connectivity index (χ4v) is 5.37. The number of carbonyl (C=O) groups is 1. The zero-order chi connectivity index (χ0) is 19.3. The van der Waals surface area contributed by atoms with Crippen LogP contribution in [0.1, 0.15) is 36.0 Å². The van der Waals surface area contributed by atoms with Gasteiger partial charge in [0.1, 0.15) is 0 Å². The van der Waals surface area contributed by atoms with E-state index in [9.17, 15) is 13.2 Å². The molecule has 1 aliphatic heterocycles. The maximum absolute atomic E-state index is 12.7. The van der Waals surface area contributed by atoms with Crippen molar-refractivity contribution in [3.8, 4) is 0 Å². The number of aryl methyl sites for hydroxylation is 2. The molecule has 1 fully saturated rings. The zero-order valence-electron chi connectivity index (χ0n) is 15.8. The van der Waals surface area contributed by atoms with Gasteiger partial charge < -0.3 is 4.90 Å². The Kier molecular flexibility index (Phi) is 6.32. The van der Waals surface area contributed by atoms with Crippen molar-refractivity contribution in [2.75, 3.05) is 13.1 Å². The maximum Gasteiger partial charge on any atom is 0.222 e. The normalized spacial score (nSPS) is 15.7. The number of benzene rings is 2. The topological polar surface area (TPSA) is 54.5 Å². The highest BCUT2D eigenvalue weighted by Gasteiger charge is 2.31. The predicted octanol–water partition coefficient (Wildman–Crippen LogP) is 3.53. The maximum atomic E-state index is 12.7. The molecule has 1 aliphatic rings. The molecular weight excluding hydrogens is 358 g/mol. The highest BCUT2D eigenvalue weighted by Crippen LogP contribution is 2.22. The van der Waals surface area contributed by atoms with E-state index in [4.69, 9.17) is 0 Å². The molecule has 1 saturated heterocycles. The monoisotopic (exact) mass is 385 g/mol. The molecule has 0 aliphatic carbocycles. The number of hydrogen-bond acceptors (Lipinski definition) is 3. The van der Waals surface area contributed by atoms with E-state index in [1.54, 1.807) is 0 Å². The standard InChI is InChI=1S/C22H27NO3S/c1-18-7-9-19(10-8-18)11-12-22(24)23-15-13-21(14-16-23)27(25,26)17-20-5-3-2-4-6-20/h2-10,21H,11-17H2,1H3. The molecule has 0 N–H and O–H groups in total. The van der Waals surface area contributed by atoms with Crippen LogP contribution in [-0.4, -0.2) is 37.6 Å². The van der Waals surface area contributed by atoms with Crippen molar-refractivity contribution in [1.29, 1.82) is 0 Å². The van der Waals surface area contributed by atoms with E-state index in [0.29, 0.717) is 32.4 Å². The Morgan fingerprint density at radius 2 is 1.59 bits per heavy atom. The van der Waals surface area contributed by atoms with Gasteiger partial charge in [-0.15, -0.1) is 0 Å². The average molecular weight is 386 g/mol. The number of amides is 1. The summed E-state index contributed by atoms with van der Waals surface area (Å²) >= 11 is 0. The van der Waals surface area contributed by atoms with Gasteiger partial charge in [-0.25, -0.2) is 8.42 Å². The highest BCUT2D eigenvalue weighted by molar-refractivity contribution is 7.91. The van der Waals surface area contributed by atoms with Crippen LogP contribution >= 0.6 is 0 Å². The van der Waals surface area contributed by atoms with E-state index in [1.807, 2.05) is 42.2 Å². The Balaban J connectivity index is 1.49. The van der Waals surface area contributed by atoms with Crippen LogP contribution in [0.2, 0.25) is 0 Å². The molecule has 27 heavy (non-hydrogen) atoms. The molecule has 1 heterocycles. The fraction of sp³-hybridized carbons (Fsp3) is 0.409. The van der Waals surface area contributed by atoms with Crippen molar-refractivity contribution in [1.82, 2.24) is 4.90 Å². The summed E-state index contributed by atoms with van der Waals surface area (Å²) in [6.07, 6.45) is 2.27. The molecule has 0 saturated carbocycles. The van der Waals surface area contributed by atoms with Gasteiger partial charge in [-0.3, -0.25) is 4.79 Å². The first-order valence-electron chi connectivity index (χ1n) is 9.53. The number of hydrogen-bond donors (Lipinski definition) is 0. The van der Waals surface area contributed by atoms with Gasteiger partial charge in [0.15, 0.2) is 9.84 Å². The second-order valence-corrected chi connectivity index (χ2v) is 9.64. The molecule has 5 heteroatoms. The fourth-order valence-electron chi connectivity index (χ4n) is 3.55. The molecule has 0 aromatic heterocycles. The third-order valence-electron chi connectivity index (χ3n) is 5.26. The zero-order valence-corrected chi connectivity index (χ0v) is 16.6. The van der Waals surface area contributed by atoms with Crippen LogP contribution in [0.3, 0.4) is 0 Å². The summed E-state index contributed by atoms with van der Waals surface area (Å²) in [5.41, 5.74) is 3.20. The van der Waals surface area contributed by atoms with E-state index in [2.05, 4.69) is 24.3 Å². The largest absolute Gasteiger partial charge is 0.343 e. The van der Waals surface area contributed by atoms with Gasteiger partial charge in [0.05, 0.1) is 11.0 Å². The van der Waals surface area contributed by atoms with Gasteiger partial charge in [-0.2, -0.15) is 0 Å². The molecule has 0 atom stereocenters. The quantitative estimate of drug-likeness (QED) is 0.764. The van der Waals surface area contributed by atoms with Crippen LogP contribution in [0.15, 0.2) is 54.6 Å². The van der Waals surface area contributed by atoms with Crippen LogP contribution in [-0.2, 0) is 26.8 Å². The van der Waals surface area contributed by atoms with Gasteiger partial charge in [-0.1, -0.05) is 60.2 Å². The SMILES string of the molecule is Cc1ccc(CCC(=O)N2CCC(S(=O)(=O)Cc3ccccc3)CC2)cc1. The minimum atomic E-state index is -3.18. The Bertz CT molecular complexity index is 852. The van der Waals surface area contributed by atoms with E-state index < -0.39 is 9.84 Å². The molecule has 2 aromatic carbocycles. The average Bonchev–Trinajstić information content (AvgIpc) is 2.68. The van der Waals surface area contributed by atoms with Gasteiger partial charge in [0, 0.05) is 19.5 Å². The van der Waals surface area contributed by atoms with E-state index in [0.717, 1.165) is 17.5 Å². The molecule has 0 unspecified atom stereocenters. The molecule has 0 radical (unpaired) electrons. The molecule has 0 spiro atoms. The van der Waals surface area contributed by atoms with Gasteiger partial charge in [-0.05, 0) is 37.3 Å². The summed E-state index contributed by atoms with van der Waals surface area (Å²) in [5, 5.41) is -0.348. The summed E-state index contributed by atoms with van der Waals surface area (Å²) in [4.78, 5) is 14.3. The van der Waals surface area contributed by atoms with Crippen molar-refractivity contribution in [2.45, 2.75) is 43.6 Å². The molecule has 144 valence electrons. The van der Waals surface area contributed by atoms with Gasteiger partial charge in [0.25, 0.3) is 0 Å². The van der Waals surface area contributed by atoms with Crippen LogP contribution in [0.4, 0.5) is 0 Å². The van der Waals surface area contributed by atoms with Crippen molar-refractivity contribution in [3.63, 3.8) is 0 Å². The van der Waals surface area contributed by atoms with Crippen molar-refractivity contribution >= 4 is 15.7 Å². The molecular formula is C22H27NO3S. The first-order valence-corrected chi connectivity index (χ1v) is 11.2. The molecule has 1 amide bonds. The third-order valence-corrected chi connectivity index (χ3v) is 7.48.